The maximum Gasteiger partial charge on any atom is 0.228 e. The molecule has 28 heteroatoms. The lowest BCUT2D eigenvalue weighted by molar-refractivity contribution is -0.132. The Labute approximate surface area is 711 Å². The summed E-state index contributed by atoms with van der Waals surface area (Å²) in [4.78, 5) is 98.0. The molecule has 20 rings (SSSR count). The number of fused-ring (bicyclic) bond motifs is 12. The van der Waals surface area contributed by atoms with Crippen molar-refractivity contribution in [2.45, 2.75) is 254 Å². The number of amides is 2. The van der Waals surface area contributed by atoms with E-state index in [-0.39, 0.29) is 17.6 Å². The lowest BCUT2D eigenvalue weighted by Gasteiger charge is -2.35. The Hall–Kier alpha value is -8.96. The quantitative estimate of drug-likeness (QED) is 0.0553. The third kappa shape index (κ3) is 18.9. The minimum atomic E-state index is -0.217. The number of hydrogen-bond acceptors (Lipinski definition) is 24. The van der Waals surface area contributed by atoms with Gasteiger partial charge in [-0.2, -0.15) is 0 Å². The minimum Gasteiger partial charge on any atom is -0.367 e. The second kappa shape index (κ2) is 37.8. The van der Waals surface area contributed by atoms with Crippen molar-refractivity contribution in [3.8, 4) is 0 Å². The van der Waals surface area contributed by atoms with Gasteiger partial charge in [-0.15, -0.1) is 45.3 Å². The number of nitrogens with one attached hydrogen (secondary N) is 4. The van der Waals surface area contributed by atoms with Crippen LogP contribution in [0.2, 0.25) is 5.02 Å². The van der Waals surface area contributed by atoms with Crippen LogP contribution in [-0.2, 0) is 86.9 Å². The van der Waals surface area contributed by atoms with Gasteiger partial charge in [0.15, 0.2) is 0 Å². The number of nitrogens with zero attached hydrogens (tertiary/aromatic N) is 16. The highest BCUT2D eigenvalue weighted by atomic mass is 35.5. The molecule has 22 nitrogen and oxygen atoms in total. The number of carbonyl (C=O) groups is 2. The molecule has 616 valence electrons. The van der Waals surface area contributed by atoms with Crippen molar-refractivity contribution in [2.24, 2.45) is 0 Å². The Kier molecular flexibility index (Phi) is 26.1. The van der Waals surface area contributed by atoms with Crippen molar-refractivity contribution in [2.75, 3.05) is 49.5 Å². The predicted molar refractivity (Wildman–Crippen MR) is 474 cm³/mol. The minimum absolute atomic E-state index is 0.149. The zero-order chi connectivity index (χ0) is 80.6. The van der Waals surface area contributed by atoms with Gasteiger partial charge < -0.3 is 31.1 Å². The summed E-state index contributed by atoms with van der Waals surface area (Å²) in [6.07, 6.45) is 48.0. The van der Waals surface area contributed by atoms with Crippen LogP contribution in [0.25, 0.3) is 40.9 Å². The van der Waals surface area contributed by atoms with E-state index in [0.29, 0.717) is 78.4 Å². The fourth-order valence-corrected chi connectivity index (χ4v) is 24.4. The van der Waals surface area contributed by atoms with E-state index >= 15 is 0 Å². The molecule has 0 radical (unpaired) electrons. The Morgan fingerprint density at radius 3 is 1.19 bits per heavy atom. The standard InChI is InChI=1S/C24H27ClN4OS.C23H27N5OS.C22H26FN5S.C21H26N6S/c1-29(21(30)13-15-4-2-5-16(25)12-15)18-10-8-17(9-11-18)28-23-22-19-6-3-7-20(19)31-24(22)27-14-26-23;1-28(20(29)13-16-5-2-3-12-24-16)17-10-8-15(9-11-17)27-22-21-18-6-4-7-19(18)30-23(21)26-14-25-22;1-28(12-18-17(23)5-3-11-24-18)15-9-7-14(8-10-15)27-21-20-16-4-2-6-19(16)29-22(20)26-13-25-21;1-27(12-15-11-22-9-10-23-15)16-7-5-14(6-8-16)26-20-19-17-3-2-4-18(17)28-21(19)25-13-24-20/h2,4-5,12,14,17-18H,3,6-11,13H2,1H3,(H,26,27,28);2-3,5,12,14-15,17H,4,6-11,13H2,1H3,(H,25,26,27);3,5,11,13-15H,2,4,6-10,12H2,1H3,(H,25,26,27);9-11,13-14,16H,2-8,12H2,1H3,(H,24,25,26). The summed E-state index contributed by atoms with van der Waals surface area (Å²) in [6.45, 7) is 1.42. The van der Waals surface area contributed by atoms with Crippen LogP contribution in [0.4, 0.5) is 27.7 Å². The molecule has 118 heavy (non-hydrogen) atoms. The Bertz CT molecular complexity index is 5450. The number of benzene rings is 1. The Morgan fingerprint density at radius 1 is 0.407 bits per heavy atom. The molecule has 4 fully saturated rings. The molecule has 12 aromatic rings. The van der Waals surface area contributed by atoms with Gasteiger partial charge in [-0.25, -0.2) is 44.3 Å². The lowest BCUT2D eigenvalue weighted by Crippen LogP contribution is -2.42. The summed E-state index contributed by atoms with van der Waals surface area (Å²) < 4.78 is 13.9. The summed E-state index contributed by atoms with van der Waals surface area (Å²) in [5.41, 5.74) is 9.27. The van der Waals surface area contributed by atoms with Crippen LogP contribution in [-0.4, -0.2) is 168 Å². The highest BCUT2D eigenvalue weighted by Gasteiger charge is 2.34. The van der Waals surface area contributed by atoms with Crippen LogP contribution in [0.15, 0.2) is 111 Å². The molecule has 8 aliphatic rings. The molecule has 11 heterocycles. The second-order valence-electron chi connectivity index (χ2n) is 33.4. The number of hydrogen-bond donors (Lipinski definition) is 4. The molecule has 0 aliphatic heterocycles. The summed E-state index contributed by atoms with van der Waals surface area (Å²) in [6, 6.07) is 19.8. The van der Waals surface area contributed by atoms with Gasteiger partial charge >= 0.3 is 0 Å². The predicted octanol–water partition coefficient (Wildman–Crippen LogP) is 17.7. The number of thiophene rings is 4. The van der Waals surface area contributed by atoms with E-state index in [0.717, 1.165) is 162 Å². The third-order valence-electron chi connectivity index (χ3n) is 25.8. The molecule has 4 saturated carbocycles. The molecule has 8 aliphatic carbocycles. The van der Waals surface area contributed by atoms with Crippen LogP contribution in [0.5, 0.6) is 0 Å². The third-order valence-corrected chi connectivity index (χ3v) is 30.9. The molecule has 0 unspecified atom stereocenters. The number of pyridine rings is 2. The number of rotatable bonds is 20. The van der Waals surface area contributed by atoms with Gasteiger partial charge in [0.1, 0.15) is 73.7 Å². The molecule has 0 saturated heterocycles. The first-order valence-corrected chi connectivity index (χ1v) is 46.4. The van der Waals surface area contributed by atoms with Gasteiger partial charge in [-0.05, 0) is 258 Å². The maximum atomic E-state index is 13.9. The number of carbonyl (C=O) groups excluding carboxylic acids is 2. The van der Waals surface area contributed by atoms with Crippen LogP contribution < -0.4 is 21.3 Å². The number of anilines is 4. The summed E-state index contributed by atoms with van der Waals surface area (Å²) >= 11 is 13.4. The van der Waals surface area contributed by atoms with Crippen LogP contribution >= 0.6 is 56.9 Å². The van der Waals surface area contributed by atoms with E-state index in [9.17, 15) is 14.0 Å². The molecule has 4 N–H and O–H groups in total. The average molecular weight is 1680 g/mol. The monoisotopic (exact) mass is 1680 g/mol. The molecule has 1 aromatic carbocycles. The van der Waals surface area contributed by atoms with E-state index in [1.165, 1.54) is 153 Å². The Balaban J connectivity index is 0.000000113. The van der Waals surface area contributed by atoms with Gasteiger partial charge in [0, 0.05) is 137 Å². The van der Waals surface area contributed by atoms with E-state index in [4.69, 9.17) is 11.6 Å². The van der Waals surface area contributed by atoms with Crippen molar-refractivity contribution in [3.05, 3.63) is 186 Å². The van der Waals surface area contributed by atoms with E-state index < -0.39 is 0 Å². The second-order valence-corrected chi connectivity index (χ2v) is 38.2. The van der Waals surface area contributed by atoms with Crippen molar-refractivity contribution in [1.29, 1.82) is 0 Å². The smallest absolute Gasteiger partial charge is 0.228 e. The van der Waals surface area contributed by atoms with Gasteiger partial charge in [-0.3, -0.25) is 39.3 Å². The molecular weight excluding hydrogens is 1580 g/mol. The van der Waals surface area contributed by atoms with Crippen molar-refractivity contribution in [3.63, 3.8) is 0 Å². The zero-order valence-corrected chi connectivity index (χ0v) is 72.0. The number of aryl methyl sites for hydroxylation is 8. The van der Waals surface area contributed by atoms with Gasteiger partial charge in [0.25, 0.3) is 0 Å². The number of halogens is 2. The summed E-state index contributed by atoms with van der Waals surface area (Å²) in [7, 11) is 8.16. The van der Waals surface area contributed by atoms with E-state index in [2.05, 4.69) is 105 Å². The first kappa shape index (κ1) is 81.4. The van der Waals surface area contributed by atoms with Gasteiger partial charge in [0.05, 0.1) is 45.8 Å². The highest BCUT2D eigenvalue weighted by Crippen LogP contribution is 2.45. The molecule has 0 atom stereocenters. The summed E-state index contributed by atoms with van der Waals surface area (Å²) in [5, 5.41) is 20.6. The van der Waals surface area contributed by atoms with Crippen molar-refractivity contribution in [1.82, 2.24) is 79.4 Å². The fourth-order valence-electron chi connectivity index (χ4n) is 19.3. The molecule has 11 aromatic heterocycles. The van der Waals surface area contributed by atoms with Crippen LogP contribution in [0.3, 0.4) is 0 Å². The zero-order valence-electron chi connectivity index (χ0n) is 68.0. The average Bonchev–Trinajstić information content (AvgIpc) is 1.63. The van der Waals surface area contributed by atoms with Crippen molar-refractivity contribution < 1.29 is 14.0 Å². The van der Waals surface area contributed by atoms with E-state index in [1.807, 2.05) is 118 Å². The maximum absolute atomic E-state index is 13.9. The van der Waals surface area contributed by atoms with Gasteiger partial charge in [0.2, 0.25) is 11.8 Å². The SMILES string of the molecule is CN(C(=O)Cc1cccc(Cl)c1)C1CCC(Nc2ncnc3sc4c(c23)CCC4)CC1.CN(C(=O)Cc1ccccn1)C1CCC(Nc2ncnc3sc4c(c23)CCC4)CC1.CN(Cc1cnccn1)C1CCC(Nc2ncnc3sc4c(c23)CCC4)CC1.CN(Cc1ncccc1F)C1CCC(Nc2ncnc3sc4c(c23)CCC4)CC1. The summed E-state index contributed by atoms with van der Waals surface area (Å²) in [5.74, 6) is 4.16. The Morgan fingerprint density at radius 2 is 0.805 bits per heavy atom. The van der Waals surface area contributed by atoms with Crippen LogP contribution in [0.1, 0.15) is 193 Å². The normalized spacial score (nSPS) is 21.2. The van der Waals surface area contributed by atoms with Crippen molar-refractivity contribution >= 4 is 133 Å². The fraction of sp³-hybridized carbons (Fsp3) is 0.489. The topological polar surface area (TPSA) is 250 Å². The number of aromatic nitrogens is 12. The van der Waals surface area contributed by atoms with Gasteiger partial charge in [-0.1, -0.05) is 29.8 Å². The largest absolute Gasteiger partial charge is 0.367 e. The lowest BCUT2D eigenvalue weighted by atomic mass is 9.90. The highest BCUT2D eigenvalue weighted by molar-refractivity contribution is 7.20. The molecular formula is C90H106ClFN20O2S4. The van der Waals surface area contributed by atoms with E-state index in [1.54, 1.807) is 56.2 Å². The number of likely N-dealkylation sites (N-methyl/N-ethyl adjacent to an activating group) is 2. The van der Waals surface area contributed by atoms with Crippen LogP contribution in [0, 0.1) is 5.82 Å². The first-order chi connectivity index (χ1) is 57.7. The first-order valence-electron chi connectivity index (χ1n) is 42.7. The molecule has 0 spiro atoms. The molecule has 2 amide bonds. The molecule has 0 bridgehead atoms.